The molecule has 2 nitrogen and oxygen atoms in total. The number of hydrogen-bond acceptors (Lipinski definition) is 2. The van der Waals surface area contributed by atoms with E-state index in [1.165, 1.54) is 6.21 Å². The van der Waals surface area contributed by atoms with Crippen LogP contribution in [0.4, 0.5) is 0 Å². The number of furan rings is 1. The molecule has 0 bridgehead atoms. The van der Waals surface area contributed by atoms with Crippen LogP contribution < -0.4 is 0 Å². The molecule has 0 saturated carbocycles. The van der Waals surface area contributed by atoms with Crippen LogP contribution in [-0.2, 0) is 6.42 Å². The van der Waals surface area contributed by atoms with Crippen molar-refractivity contribution in [2.45, 2.75) is 13.3 Å². The monoisotopic (exact) mass is 249 g/mol. The van der Waals surface area contributed by atoms with Crippen LogP contribution in [0.3, 0.4) is 0 Å². The van der Waals surface area contributed by atoms with Gasteiger partial charge >= 0.3 is 0 Å². The predicted octanol–water partition coefficient (Wildman–Crippen LogP) is 4.72. The Morgan fingerprint density at radius 2 is 1.89 bits per heavy atom. The summed E-state index contributed by atoms with van der Waals surface area (Å²) in [5.74, 6) is 0. The zero-order valence-electron chi connectivity index (χ0n) is 10.8. The van der Waals surface area contributed by atoms with Crippen LogP contribution in [-0.4, -0.2) is 6.21 Å². The molecular weight excluding hydrogens is 234 g/mol. The van der Waals surface area contributed by atoms with Crippen molar-refractivity contribution in [3.8, 4) is 0 Å². The molecule has 0 fully saturated rings. The number of hydrogen-bond donors (Lipinski definition) is 1. The first kappa shape index (κ1) is 11.7. The molecule has 19 heavy (non-hydrogen) atoms. The topological polar surface area (TPSA) is 37.0 Å². The fraction of sp³-hybridized carbons (Fsp3) is 0.118. The summed E-state index contributed by atoms with van der Waals surface area (Å²) in [6, 6.07) is 14.3. The number of para-hydroxylation sites is 2. The third-order valence-corrected chi connectivity index (χ3v) is 3.36. The molecule has 1 heterocycles. The highest BCUT2D eigenvalue weighted by atomic mass is 16.3. The molecule has 0 aliphatic rings. The molecule has 0 unspecified atom stereocenters. The van der Waals surface area contributed by atoms with E-state index in [0.29, 0.717) is 0 Å². The highest BCUT2D eigenvalue weighted by molar-refractivity contribution is 6.05. The van der Waals surface area contributed by atoms with Gasteiger partial charge in [0.2, 0.25) is 0 Å². The van der Waals surface area contributed by atoms with Gasteiger partial charge in [0.05, 0.1) is 0 Å². The SMILES string of the molecule is C/C(C=N)=C/Cc1cccc2c1oc1ccccc12. The third kappa shape index (κ3) is 2.06. The Kier molecular flexibility index (Phi) is 2.92. The van der Waals surface area contributed by atoms with Crippen LogP contribution in [0, 0.1) is 5.41 Å². The quantitative estimate of drug-likeness (QED) is 0.670. The van der Waals surface area contributed by atoms with E-state index < -0.39 is 0 Å². The van der Waals surface area contributed by atoms with E-state index in [1.807, 2.05) is 25.1 Å². The van der Waals surface area contributed by atoms with Gasteiger partial charge < -0.3 is 9.83 Å². The largest absolute Gasteiger partial charge is 0.456 e. The van der Waals surface area contributed by atoms with Gasteiger partial charge in [-0.2, -0.15) is 0 Å². The number of nitrogens with one attached hydrogen (secondary N) is 1. The highest BCUT2D eigenvalue weighted by Gasteiger charge is 2.08. The maximum atomic E-state index is 7.21. The number of fused-ring (bicyclic) bond motifs is 3. The zero-order valence-corrected chi connectivity index (χ0v) is 10.8. The van der Waals surface area contributed by atoms with Crippen molar-refractivity contribution in [1.82, 2.24) is 0 Å². The second-order valence-electron chi connectivity index (χ2n) is 4.69. The Morgan fingerprint density at radius 1 is 1.11 bits per heavy atom. The molecule has 0 aliphatic heterocycles. The summed E-state index contributed by atoms with van der Waals surface area (Å²) in [6.45, 7) is 1.94. The number of benzene rings is 2. The normalized spacial score (nSPS) is 12.2. The van der Waals surface area contributed by atoms with Gasteiger partial charge in [0.15, 0.2) is 0 Å². The van der Waals surface area contributed by atoms with Crippen LogP contribution in [0.25, 0.3) is 21.9 Å². The Morgan fingerprint density at radius 3 is 2.74 bits per heavy atom. The van der Waals surface area contributed by atoms with Gasteiger partial charge in [0.25, 0.3) is 0 Å². The lowest BCUT2D eigenvalue weighted by Crippen LogP contribution is -1.84. The Labute approximate surface area is 111 Å². The van der Waals surface area contributed by atoms with E-state index in [9.17, 15) is 0 Å². The van der Waals surface area contributed by atoms with Gasteiger partial charge in [-0.15, -0.1) is 0 Å². The van der Waals surface area contributed by atoms with Crippen molar-refractivity contribution in [2.75, 3.05) is 0 Å². The minimum atomic E-state index is 0.790. The second kappa shape index (κ2) is 4.73. The molecule has 3 rings (SSSR count). The molecule has 3 aromatic rings. The lowest BCUT2D eigenvalue weighted by atomic mass is 10.1. The molecule has 0 atom stereocenters. The van der Waals surface area contributed by atoms with Gasteiger partial charge in [-0.3, -0.25) is 0 Å². The van der Waals surface area contributed by atoms with Crippen molar-refractivity contribution < 1.29 is 4.42 Å². The molecule has 1 N–H and O–H groups in total. The average Bonchev–Trinajstić information content (AvgIpc) is 2.84. The van der Waals surface area contributed by atoms with Gasteiger partial charge in [-0.25, -0.2) is 0 Å². The smallest absolute Gasteiger partial charge is 0.138 e. The van der Waals surface area contributed by atoms with Crippen molar-refractivity contribution in [1.29, 1.82) is 5.41 Å². The van der Waals surface area contributed by atoms with Gasteiger partial charge in [-0.1, -0.05) is 42.5 Å². The minimum Gasteiger partial charge on any atom is -0.456 e. The summed E-state index contributed by atoms with van der Waals surface area (Å²) in [4.78, 5) is 0. The first-order chi connectivity index (χ1) is 9.29. The summed E-state index contributed by atoms with van der Waals surface area (Å²) < 4.78 is 5.96. The van der Waals surface area contributed by atoms with Gasteiger partial charge in [0.1, 0.15) is 11.2 Å². The van der Waals surface area contributed by atoms with E-state index in [4.69, 9.17) is 9.83 Å². The Balaban J connectivity index is 2.18. The van der Waals surface area contributed by atoms with Crippen LogP contribution >= 0.6 is 0 Å². The molecule has 1 aromatic heterocycles. The van der Waals surface area contributed by atoms with E-state index in [-0.39, 0.29) is 0 Å². The molecular formula is C17H15NO. The first-order valence-corrected chi connectivity index (χ1v) is 6.36. The molecule has 0 amide bonds. The predicted molar refractivity (Wildman–Crippen MR) is 80.0 cm³/mol. The van der Waals surface area contributed by atoms with Crippen LogP contribution in [0.5, 0.6) is 0 Å². The third-order valence-electron chi connectivity index (χ3n) is 3.36. The number of allylic oxidation sites excluding steroid dienone is 2. The highest BCUT2D eigenvalue weighted by Crippen LogP contribution is 2.30. The zero-order chi connectivity index (χ0) is 13.2. The summed E-state index contributed by atoms with van der Waals surface area (Å²) in [5.41, 5.74) is 4.01. The molecule has 2 heteroatoms. The standard InChI is InChI=1S/C17H15NO/c1-12(11-18)9-10-13-5-4-7-15-14-6-2-3-8-16(14)19-17(13)15/h2-9,11,18H,10H2,1H3/b12-9-,18-11?. The molecule has 0 spiro atoms. The molecule has 2 aromatic carbocycles. The fourth-order valence-corrected chi connectivity index (χ4v) is 2.30. The lowest BCUT2D eigenvalue weighted by molar-refractivity contribution is 0.664. The van der Waals surface area contributed by atoms with E-state index in [0.717, 1.165) is 39.5 Å². The maximum Gasteiger partial charge on any atom is 0.138 e. The Hall–Kier alpha value is -2.35. The van der Waals surface area contributed by atoms with Crippen LogP contribution in [0.2, 0.25) is 0 Å². The minimum absolute atomic E-state index is 0.790. The molecule has 0 radical (unpaired) electrons. The maximum absolute atomic E-state index is 7.21. The number of rotatable bonds is 3. The van der Waals surface area contributed by atoms with Crippen molar-refractivity contribution in [3.63, 3.8) is 0 Å². The van der Waals surface area contributed by atoms with E-state index >= 15 is 0 Å². The second-order valence-corrected chi connectivity index (χ2v) is 4.69. The van der Waals surface area contributed by atoms with Gasteiger partial charge in [-0.05, 0) is 30.5 Å². The molecule has 94 valence electrons. The lowest BCUT2D eigenvalue weighted by Gasteiger charge is -1.98. The van der Waals surface area contributed by atoms with Gasteiger partial charge in [0, 0.05) is 17.0 Å². The fourth-order valence-electron chi connectivity index (χ4n) is 2.30. The van der Waals surface area contributed by atoms with Crippen LogP contribution in [0.15, 0.2) is 58.5 Å². The Bertz CT molecular complexity index is 780. The summed E-state index contributed by atoms with van der Waals surface area (Å²) in [6.07, 6.45) is 4.21. The average molecular weight is 249 g/mol. The summed E-state index contributed by atoms with van der Waals surface area (Å²) in [7, 11) is 0. The first-order valence-electron chi connectivity index (χ1n) is 6.36. The molecule has 0 aliphatic carbocycles. The van der Waals surface area contributed by atoms with Crippen molar-refractivity contribution >= 4 is 28.2 Å². The summed E-state index contributed by atoms with van der Waals surface area (Å²) in [5, 5.41) is 9.53. The van der Waals surface area contributed by atoms with E-state index in [1.54, 1.807) is 0 Å². The van der Waals surface area contributed by atoms with Crippen LogP contribution in [0.1, 0.15) is 12.5 Å². The molecule has 0 saturated heterocycles. The van der Waals surface area contributed by atoms with E-state index in [2.05, 4.69) is 30.3 Å². The van der Waals surface area contributed by atoms with Crippen molar-refractivity contribution in [2.24, 2.45) is 0 Å². The van der Waals surface area contributed by atoms with Crippen molar-refractivity contribution in [3.05, 3.63) is 59.7 Å². The summed E-state index contributed by atoms with van der Waals surface area (Å²) >= 11 is 0.